The molecule has 0 saturated carbocycles. The molecule has 17 heteroatoms. The van der Waals surface area contributed by atoms with Crippen LogP contribution in [0.15, 0.2) is 35.9 Å². The first kappa shape index (κ1) is 38.7. The number of nitrogens with one attached hydrogen (secondary N) is 13. The third kappa shape index (κ3) is 12.3. The van der Waals surface area contributed by atoms with Crippen molar-refractivity contribution in [3.8, 4) is 0 Å². The highest BCUT2D eigenvalue weighted by molar-refractivity contribution is 5.39. The van der Waals surface area contributed by atoms with Crippen LogP contribution in [0.25, 0.3) is 0 Å². The molecular weight excluding hydrogens is 634 g/mol. The van der Waals surface area contributed by atoms with E-state index < -0.39 is 16.6 Å². The summed E-state index contributed by atoms with van der Waals surface area (Å²) in [7, 11) is 0. The summed E-state index contributed by atoms with van der Waals surface area (Å²) in [6.07, 6.45) is 0. The molecule has 6 aliphatic heterocycles. The van der Waals surface area contributed by atoms with Crippen molar-refractivity contribution in [2.75, 3.05) is 137 Å². The summed E-state index contributed by atoms with van der Waals surface area (Å²) >= 11 is 0. The fourth-order valence-electron chi connectivity index (χ4n) is 6.78. The first-order chi connectivity index (χ1) is 24.2. The van der Waals surface area contributed by atoms with Crippen molar-refractivity contribution in [1.29, 1.82) is 0 Å². The van der Waals surface area contributed by atoms with E-state index in [4.69, 9.17) is 22.9 Å². The van der Waals surface area contributed by atoms with Crippen molar-refractivity contribution < 1.29 is 0 Å². The van der Waals surface area contributed by atoms with Crippen LogP contribution in [-0.4, -0.2) is 153 Å². The number of benzene rings is 1. The van der Waals surface area contributed by atoms with Gasteiger partial charge in [-0.25, -0.2) is 0 Å². The van der Waals surface area contributed by atoms with Crippen LogP contribution < -0.4 is 92.1 Å². The van der Waals surface area contributed by atoms with E-state index in [0.717, 1.165) is 82.8 Å². The Labute approximate surface area is 298 Å². The molecular formula is C33H67N17. The molecule has 0 atom stereocenters. The van der Waals surface area contributed by atoms with Gasteiger partial charge in [-0.05, 0) is 17.7 Å². The van der Waals surface area contributed by atoms with Gasteiger partial charge in [0.15, 0.2) is 0 Å². The van der Waals surface area contributed by atoms with Crippen molar-refractivity contribution in [1.82, 2.24) is 69.1 Å². The van der Waals surface area contributed by atoms with Gasteiger partial charge in [-0.15, -0.1) is 0 Å². The second-order valence-corrected chi connectivity index (χ2v) is 15.0. The normalized spacial score (nSPS) is 35.0. The summed E-state index contributed by atoms with van der Waals surface area (Å²) in [5, 5.41) is 48.1. The van der Waals surface area contributed by atoms with Gasteiger partial charge in [0.1, 0.15) is 11.6 Å². The summed E-state index contributed by atoms with van der Waals surface area (Å²) in [4.78, 5) is 0. The monoisotopic (exact) mass is 702 g/mol. The Morgan fingerprint density at radius 3 is 1.12 bits per heavy atom. The molecule has 4 bridgehead atoms. The van der Waals surface area contributed by atoms with Gasteiger partial charge < -0.3 is 92.1 Å². The molecule has 2 fully saturated rings. The van der Waals surface area contributed by atoms with E-state index in [1.54, 1.807) is 0 Å². The fourth-order valence-corrected chi connectivity index (χ4v) is 6.78. The molecule has 6 aliphatic rings. The highest BCUT2D eigenvalue weighted by atomic mass is 15.2. The van der Waals surface area contributed by atoms with Crippen LogP contribution in [0.2, 0.25) is 0 Å². The van der Waals surface area contributed by atoms with E-state index in [0.29, 0.717) is 72.0 Å². The molecule has 1 aromatic rings. The van der Waals surface area contributed by atoms with Crippen LogP contribution in [0, 0.1) is 0 Å². The maximum Gasteiger partial charge on any atom is 0.140 e. The van der Waals surface area contributed by atoms with Crippen molar-refractivity contribution in [3.63, 3.8) is 0 Å². The maximum absolute atomic E-state index is 7.15. The van der Waals surface area contributed by atoms with Gasteiger partial charge in [0.05, 0.1) is 22.2 Å². The molecule has 0 unspecified atom stereocenters. The smallest absolute Gasteiger partial charge is 0.140 e. The SMILES string of the molecule is Nc1ccc(CN[C@]23CNCCNC[C@](N)(CNCCNC2)CN/C2=C(/NC[C@]4(N)CNCCNC[C@@](N)(CNCCNC4)CN2)NC3)cc1. The van der Waals surface area contributed by atoms with Gasteiger partial charge in [0, 0.05) is 143 Å². The Morgan fingerprint density at radius 2 is 0.760 bits per heavy atom. The van der Waals surface area contributed by atoms with Crippen LogP contribution in [-0.2, 0) is 6.54 Å². The first-order valence-electron chi connectivity index (χ1n) is 18.5. The van der Waals surface area contributed by atoms with Crippen LogP contribution in [0.1, 0.15) is 5.56 Å². The molecule has 0 amide bonds. The highest BCUT2D eigenvalue weighted by Crippen LogP contribution is 2.11. The minimum Gasteiger partial charge on any atom is -0.399 e. The quantitative estimate of drug-likeness (QED) is 0.131. The average molecular weight is 702 g/mol. The topological polar surface area (TPSA) is 260 Å². The Hall–Kier alpha value is -2.52. The van der Waals surface area contributed by atoms with Crippen molar-refractivity contribution >= 4 is 5.69 Å². The summed E-state index contributed by atoms with van der Waals surface area (Å²) in [5.74, 6) is 1.64. The molecule has 6 heterocycles. The van der Waals surface area contributed by atoms with Gasteiger partial charge in [0.2, 0.25) is 0 Å². The zero-order valence-corrected chi connectivity index (χ0v) is 30.0. The third-order valence-corrected chi connectivity index (χ3v) is 10.1. The lowest BCUT2D eigenvalue weighted by Gasteiger charge is -2.40. The molecule has 0 aliphatic carbocycles. The number of nitrogen functional groups attached to an aromatic ring is 1. The lowest BCUT2D eigenvalue weighted by molar-refractivity contribution is 0.271. The lowest BCUT2D eigenvalue weighted by atomic mass is 9.97. The predicted octanol–water partition coefficient (Wildman–Crippen LogP) is -6.55. The molecule has 2 saturated heterocycles. The van der Waals surface area contributed by atoms with E-state index in [9.17, 15) is 0 Å². The molecule has 1 aromatic carbocycles. The molecule has 7 rings (SSSR count). The summed E-state index contributed by atoms with van der Waals surface area (Å²) < 4.78 is 0. The lowest BCUT2D eigenvalue weighted by Crippen LogP contribution is -2.67. The van der Waals surface area contributed by atoms with E-state index >= 15 is 0 Å². The largest absolute Gasteiger partial charge is 0.399 e. The summed E-state index contributed by atoms with van der Waals surface area (Å²) in [5.41, 5.74) is 27.3. The standard InChI is InChI=1S/C33H67N17/c34-27-3-1-26(2-4-27)13-50-33-23-44-11-9-42-18-31(36,19-43-10-12-45-24-33)21-47-28-29(49-25-33)48-22-32(37)16-40-7-5-38-14-30(35,20-46-28)15-39-6-8-41-17-32/h1-4,38-50H,5-25,34-37H2/b29-28-/t30-,31-,32+,33+. The number of fused-ring (bicyclic) bond motifs is 24. The summed E-state index contributed by atoms with van der Waals surface area (Å²) in [6, 6.07) is 8.08. The minimum atomic E-state index is -0.565. The number of nitrogens with two attached hydrogens (primary N) is 4. The molecule has 0 radical (unpaired) electrons. The zero-order valence-electron chi connectivity index (χ0n) is 30.0. The molecule has 0 spiro atoms. The van der Waals surface area contributed by atoms with Crippen molar-refractivity contribution in [2.45, 2.75) is 28.7 Å². The Kier molecular flexibility index (Phi) is 14.6. The van der Waals surface area contributed by atoms with E-state index in [1.807, 2.05) is 12.1 Å². The minimum absolute atomic E-state index is 0.374. The third-order valence-electron chi connectivity index (χ3n) is 10.1. The summed E-state index contributed by atoms with van der Waals surface area (Å²) in [6.45, 7) is 14.6. The molecule has 50 heavy (non-hydrogen) atoms. The molecule has 0 aromatic heterocycles. The zero-order chi connectivity index (χ0) is 35.2. The van der Waals surface area contributed by atoms with Gasteiger partial charge in [-0.2, -0.15) is 0 Å². The highest BCUT2D eigenvalue weighted by Gasteiger charge is 2.34. The van der Waals surface area contributed by atoms with Crippen molar-refractivity contribution in [3.05, 3.63) is 41.5 Å². The maximum atomic E-state index is 7.15. The molecule has 284 valence electrons. The predicted molar refractivity (Wildman–Crippen MR) is 203 cm³/mol. The number of hydrogen-bond acceptors (Lipinski definition) is 17. The second-order valence-electron chi connectivity index (χ2n) is 15.0. The van der Waals surface area contributed by atoms with Crippen LogP contribution in [0.4, 0.5) is 5.69 Å². The molecule has 17 nitrogen and oxygen atoms in total. The second kappa shape index (κ2) is 18.8. The van der Waals surface area contributed by atoms with Gasteiger partial charge in [-0.1, -0.05) is 12.1 Å². The Bertz CT molecular complexity index is 1140. The van der Waals surface area contributed by atoms with Gasteiger partial charge in [0.25, 0.3) is 0 Å². The van der Waals surface area contributed by atoms with Crippen LogP contribution in [0.5, 0.6) is 0 Å². The Morgan fingerprint density at radius 1 is 0.440 bits per heavy atom. The van der Waals surface area contributed by atoms with Gasteiger partial charge >= 0.3 is 0 Å². The number of hydrogen-bond donors (Lipinski definition) is 17. The number of rotatable bonds is 3. The Balaban J connectivity index is 1.53. The number of anilines is 1. The molecule has 21 N–H and O–H groups in total. The average Bonchev–Trinajstić information content (AvgIpc) is 3.10. The van der Waals surface area contributed by atoms with E-state index in [1.165, 1.54) is 5.56 Å². The van der Waals surface area contributed by atoms with Crippen LogP contribution >= 0.6 is 0 Å². The first-order valence-corrected chi connectivity index (χ1v) is 18.5. The van der Waals surface area contributed by atoms with Gasteiger partial charge in [-0.3, -0.25) is 0 Å². The fraction of sp³-hybridized carbons (Fsp3) is 0.758. The van der Waals surface area contributed by atoms with E-state index in [-0.39, 0.29) is 5.54 Å². The van der Waals surface area contributed by atoms with Crippen LogP contribution in [0.3, 0.4) is 0 Å². The van der Waals surface area contributed by atoms with Crippen molar-refractivity contribution in [2.24, 2.45) is 17.2 Å². The van der Waals surface area contributed by atoms with E-state index in [2.05, 4.69) is 81.3 Å².